The molecule has 0 spiro atoms. The maximum absolute atomic E-state index is 12.1. The monoisotopic (exact) mass is 248 g/mol. The minimum Gasteiger partial charge on any atom is -0.383 e. The summed E-state index contributed by atoms with van der Waals surface area (Å²) in [6.45, 7) is 2.57. The summed E-state index contributed by atoms with van der Waals surface area (Å²) in [6, 6.07) is 7.21. The van der Waals surface area contributed by atoms with Crippen molar-refractivity contribution in [2.45, 2.75) is 6.54 Å². The molecule has 0 amide bonds. The summed E-state index contributed by atoms with van der Waals surface area (Å²) < 4.78 is 6.29. The zero-order chi connectivity index (χ0) is 12.8. The van der Waals surface area contributed by atoms with Gasteiger partial charge in [-0.2, -0.15) is 0 Å². The second-order valence-electron chi connectivity index (χ2n) is 3.88. The zero-order valence-electron chi connectivity index (χ0n) is 10.3. The number of benzene rings is 1. The van der Waals surface area contributed by atoms with Crippen LogP contribution in [0.1, 0.15) is 0 Å². The first-order chi connectivity index (χ1) is 8.83. The van der Waals surface area contributed by atoms with Gasteiger partial charge in [0.25, 0.3) is 5.56 Å². The second-order valence-corrected chi connectivity index (χ2v) is 3.88. The molecule has 6 heteroatoms. The lowest BCUT2D eigenvalue weighted by Gasteiger charge is -2.06. The van der Waals surface area contributed by atoms with Crippen LogP contribution in [0.5, 0.6) is 0 Å². The van der Waals surface area contributed by atoms with Crippen LogP contribution < -0.4 is 10.9 Å². The number of nitrogens with zero attached hydrogens (tertiary/aromatic N) is 3. The van der Waals surface area contributed by atoms with Crippen molar-refractivity contribution in [1.82, 2.24) is 20.3 Å². The third-order valence-electron chi connectivity index (χ3n) is 2.61. The second kappa shape index (κ2) is 6.23. The highest BCUT2D eigenvalue weighted by molar-refractivity contribution is 5.76. The minimum atomic E-state index is -0.103. The standard InChI is InChI=1S/C12H16N4O2/c1-18-9-7-13-6-8-16-12(17)10-4-2-3-5-11(10)14-15-16/h2-5,13H,6-9H2,1H3. The highest BCUT2D eigenvalue weighted by Crippen LogP contribution is 2.02. The molecule has 0 bridgehead atoms. The van der Waals surface area contributed by atoms with Crippen molar-refractivity contribution < 1.29 is 4.74 Å². The summed E-state index contributed by atoms with van der Waals surface area (Å²) in [4.78, 5) is 12.1. The van der Waals surface area contributed by atoms with Crippen LogP contribution in [-0.4, -0.2) is 41.8 Å². The van der Waals surface area contributed by atoms with Crippen LogP contribution in [0.25, 0.3) is 10.9 Å². The molecule has 0 saturated heterocycles. The number of hydrogen-bond acceptors (Lipinski definition) is 5. The number of rotatable bonds is 6. The normalized spacial score (nSPS) is 10.9. The highest BCUT2D eigenvalue weighted by atomic mass is 16.5. The minimum absolute atomic E-state index is 0.103. The Morgan fingerprint density at radius 3 is 3.00 bits per heavy atom. The molecule has 1 heterocycles. The van der Waals surface area contributed by atoms with E-state index in [-0.39, 0.29) is 5.56 Å². The van der Waals surface area contributed by atoms with E-state index in [1.165, 1.54) is 4.68 Å². The van der Waals surface area contributed by atoms with Crippen molar-refractivity contribution in [2.75, 3.05) is 26.8 Å². The molecule has 96 valence electrons. The predicted molar refractivity (Wildman–Crippen MR) is 68.5 cm³/mol. The number of fused-ring (bicyclic) bond motifs is 1. The van der Waals surface area contributed by atoms with Crippen molar-refractivity contribution in [1.29, 1.82) is 0 Å². The SMILES string of the molecule is COCCNCCn1nnc2ccccc2c1=O. The quantitative estimate of drug-likeness (QED) is 0.730. The Labute approximate surface area is 105 Å². The smallest absolute Gasteiger partial charge is 0.277 e. The highest BCUT2D eigenvalue weighted by Gasteiger charge is 2.03. The molecule has 2 rings (SSSR count). The average molecular weight is 248 g/mol. The Bertz CT molecular complexity index is 567. The van der Waals surface area contributed by atoms with Gasteiger partial charge in [-0.3, -0.25) is 4.79 Å². The van der Waals surface area contributed by atoms with E-state index in [1.807, 2.05) is 12.1 Å². The Hall–Kier alpha value is -1.79. The fraction of sp³-hybridized carbons (Fsp3) is 0.417. The molecule has 0 aliphatic rings. The van der Waals surface area contributed by atoms with E-state index < -0.39 is 0 Å². The Morgan fingerprint density at radius 2 is 2.17 bits per heavy atom. The Morgan fingerprint density at radius 1 is 1.33 bits per heavy atom. The van der Waals surface area contributed by atoms with Crippen molar-refractivity contribution in [3.05, 3.63) is 34.6 Å². The number of methoxy groups -OCH3 is 1. The van der Waals surface area contributed by atoms with E-state index >= 15 is 0 Å². The van der Waals surface area contributed by atoms with Crippen LogP contribution >= 0.6 is 0 Å². The Kier molecular flexibility index (Phi) is 4.38. The zero-order valence-corrected chi connectivity index (χ0v) is 10.3. The van der Waals surface area contributed by atoms with Gasteiger partial charge in [0, 0.05) is 20.2 Å². The maximum atomic E-state index is 12.1. The van der Waals surface area contributed by atoms with Crippen LogP contribution in [-0.2, 0) is 11.3 Å². The van der Waals surface area contributed by atoms with Crippen LogP contribution in [0, 0.1) is 0 Å². The van der Waals surface area contributed by atoms with Crippen LogP contribution in [0.3, 0.4) is 0 Å². The average Bonchev–Trinajstić information content (AvgIpc) is 2.41. The lowest BCUT2D eigenvalue weighted by Crippen LogP contribution is -2.31. The molecule has 1 N–H and O–H groups in total. The van der Waals surface area contributed by atoms with Crippen LogP contribution in [0.4, 0.5) is 0 Å². The maximum Gasteiger partial charge on any atom is 0.277 e. The summed E-state index contributed by atoms with van der Waals surface area (Å²) in [7, 11) is 1.65. The molecular formula is C12H16N4O2. The van der Waals surface area contributed by atoms with Crippen LogP contribution in [0.15, 0.2) is 29.1 Å². The van der Waals surface area contributed by atoms with Gasteiger partial charge >= 0.3 is 0 Å². The summed E-state index contributed by atoms with van der Waals surface area (Å²) in [5, 5.41) is 11.7. The van der Waals surface area contributed by atoms with E-state index in [2.05, 4.69) is 15.6 Å². The molecule has 0 unspecified atom stereocenters. The van der Waals surface area contributed by atoms with E-state index in [4.69, 9.17) is 4.74 Å². The predicted octanol–water partition coefficient (Wildman–Crippen LogP) is 0.0275. The molecule has 1 aromatic heterocycles. The van der Waals surface area contributed by atoms with Gasteiger partial charge in [0.05, 0.1) is 18.5 Å². The first-order valence-electron chi connectivity index (χ1n) is 5.85. The number of aromatic nitrogens is 3. The first kappa shape index (κ1) is 12.7. The molecule has 0 radical (unpaired) electrons. The van der Waals surface area contributed by atoms with E-state index in [1.54, 1.807) is 19.2 Å². The molecule has 0 saturated carbocycles. The van der Waals surface area contributed by atoms with Gasteiger partial charge in [-0.1, -0.05) is 17.3 Å². The van der Waals surface area contributed by atoms with Crippen molar-refractivity contribution in [3.63, 3.8) is 0 Å². The summed E-state index contributed by atoms with van der Waals surface area (Å²) >= 11 is 0. The number of hydrogen-bond donors (Lipinski definition) is 1. The van der Waals surface area contributed by atoms with Crippen LogP contribution in [0.2, 0.25) is 0 Å². The van der Waals surface area contributed by atoms with Gasteiger partial charge < -0.3 is 10.1 Å². The molecular weight excluding hydrogens is 232 g/mol. The lowest BCUT2D eigenvalue weighted by atomic mass is 10.2. The molecule has 6 nitrogen and oxygen atoms in total. The third-order valence-corrected chi connectivity index (χ3v) is 2.61. The first-order valence-corrected chi connectivity index (χ1v) is 5.85. The van der Waals surface area contributed by atoms with Crippen molar-refractivity contribution in [2.24, 2.45) is 0 Å². The van der Waals surface area contributed by atoms with Crippen molar-refractivity contribution in [3.8, 4) is 0 Å². The summed E-state index contributed by atoms with van der Waals surface area (Å²) in [5.41, 5.74) is 0.528. The van der Waals surface area contributed by atoms with Gasteiger partial charge in [-0.05, 0) is 12.1 Å². The Balaban J connectivity index is 2.05. The van der Waals surface area contributed by atoms with Gasteiger partial charge in [0.15, 0.2) is 0 Å². The molecule has 0 aliphatic carbocycles. The molecule has 0 aliphatic heterocycles. The van der Waals surface area contributed by atoms with Gasteiger partial charge in [-0.15, -0.1) is 5.10 Å². The number of ether oxygens (including phenoxy) is 1. The van der Waals surface area contributed by atoms with E-state index in [9.17, 15) is 4.79 Å². The number of nitrogens with one attached hydrogen (secondary N) is 1. The van der Waals surface area contributed by atoms with E-state index in [0.29, 0.717) is 30.6 Å². The lowest BCUT2D eigenvalue weighted by molar-refractivity contribution is 0.199. The molecule has 0 atom stereocenters. The molecule has 2 aromatic rings. The van der Waals surface area contributed by atoms with Gasteiger partial charge in [0.1, 0.15) is 5.52 Å². The largest absolute Gasteiger partial charge is 0.383 e. The molecule has 18 heavy (non-hydrogen) atoms. The topological polar surface area (TPSA) is 69.0 Å². The van der Waals surface area contributed by atoms with Gasteiger partial charge in [-0.25, -0.2) is 4.68 Å². The molecule has 1 aromatic carbocycles. The van der Waals surface area contributed by atoms with Crippen molar-refractivity contribution >= 4 is 10.9 Å². The fourth-order valence-corrected chi connectivity index (χ4v) is 1.65. The third kappa shape index (κ3) is 2.91. The molecule has 0 fully saturated rings. The van der Waals surface area contributed by atoms with Gasteiger partial charge in [0.2, 0.25) is 0 Å². The van der Waals surface area contributed by atoms with E-state index in [0.717, 1.165) is 6.54 Å². The summed E-state index contributed by atoms with van der Waals surface area (Å²) in [6.07, 6.45) is 0. The fourth-order valence-electron chi connectivity index (χ4n) is 1.65. The summed E-state index contributed by atoms with van der Waals surface area (Å²) in [5.74, 6) is 0.